The molecule has 0 bridgehead atoms. The predicted octanol–water partition coefficient (Wildman–Crippen LogP) is 5.20. The largest absolute Gasteiger partial charge is 0.448 e. The fraction of sp³-hybridized carbons (Fsp3) is 0.290. The second kappa shape index (κ2) is 11.7. The molecule has 2 aromatic heterocycles. The molecule has 4 aromatic rings. The van der Waals surface area contributed by atoms with E-state index in [0.717, 1.165) is 27.2 Å². The number of carbonyl (C=O) groups excluding carboxylic acids is 2. The number of piperidine rings is 1. The number of hydrogen-bond acceptors (Lipinski definition) is 8. The van der Waals surface area contributed by atoms with Gasteiger partial charge in [-0.1, -0.05) is 54.6 Å². The molecular formula is C31H30F2N6O3S. The Morgan fingerprint density at radius 3 is 2.42 bits per heavy atom. The summed E-state index contributed by atoms with van der Waals surface area (Å²) in [6.45, 7) is -0.438. The first-order valence-electron chi connectivity index (χ1n) is 13.9. The van der Waals surface area contributed by atoms with Crippen LogP contribution in [0.1, 0.15) is 23.5 Å². The first-order chi connectivity index (χ1) is 20.7. The van der Waals surface area contributed by atoms with Crippen LogP contribution < -0.4 is 16.0 Å². The zero-order chi connectivity index (χ0) is 30.1. The third kappa shape index (κ3) is 5.67. The smallest absolute Gasteiger partial charge is 0.409 e. The Morgan fingerprint density at radius 2 is 1.74 bits per heavy atom. The van der Waals surface area contributed by atoms with Crippen molar-refractivity contribution < 1.29 is 23.1 Å². The first-order valence-corrected chi connectivity index (χ1v) is 14.8. The number of carbonyl (C=O) groups is 2. The van der Waals surface area contributed by atoms with E-state index in [2.05, 4.69) is 15.3 Å². The highest BCUT2D eigenvalue weighted by Crippen LogP contribution is 2.44. The number of pyridine rings is 1. The number of nitrogens with one attached hydrogen (secondary N) is 1. The Balaban J connectivity index is 1.10. The van der Waals surface area contributed by atoms with E-state index in [-0.39, 0.29) is 37.9 Å². The lowest BCUT2D eigenvalue weighted by molar-refractivity contribution is -0.114. The van der Waals surface area contributed by atoms with Gasteiger partial charge in [-0.3, -0.25) is 4.79 Å². The van der Waals surface area contributed by atoms with Gasteiger partial charge in [0.25, 0.3) is 5.92 Å². The van der Waals surface area contributed by atoms with E-state index in [1.165, 1.54) is 23.3 Å². The van der Waals surface area contributed by atoms with E-state index in [4.69, 9.17) is 10.5 Å². The topological polar surface area (TPSA) is 114 Å². The summed E-state index contributed by atoms with van der Waals surface area (Å²) in [5.41, 5.74) is 10.6. The number of anilines is 2. The Hall–Kier alpha value is -4.42. The molecule has 43 heavy (non-hydrogen) atoms. The molecule has 0 radical (unpaired) electrons. The summed E-state index contributed by atoms with van der Waals surface area (Å²) in [7, 11) is 1.37. The van der Waals surface area contributed by atoms with Gasteiger partial charge in [0, 0.05) is 24.9 Å². The van der Waals surface area contributed by atoms with E-state index >= 15 is 8.78 Å². The van der Waals surface area contributed by atoms with Crippen molar-refractivity contribution in [2.75, 3.05) is 43.5 Å². The normalized spacial score (nSPS) is 17.2. The van der Waals surface area contributed by atoms with Crippen LogP contribution in [0.4, 0.5) is 24.5 Å². The quantitative estimate of drug-likeness (QED) is 0.298. The van der Waals surface area contributed by atoms with E-state index < -0.39 is 24.6 Å². The molecule has 12 heteroatoms. The minimum Gasteiger partial charge on any atom is -0.448 e. The van der Waals surface area contributed by atoms with Crippen molar-refractivity contribution in [1.82, 2.24) is 14.9 Å². The summed E-state index contributed by atoms with van der Waals surface area (Å²) in [6.07, 6.45) is -0.743. The molecule has 1 atom stereocenters. The van der Waals surface area contributed by atoms with Gasteiger partial charge < -0.3 is 25.6 Å². The third-order valence-corrected chi connectivity index (χ3v) is 8.67. The molecule has 1 aliphatic heterocycles. The molecular weight excluding hydrogens is 574 g/mol. The first kappa shape index (κ1) is 28.7. The van der Waals surface area contributed by atoms with Gasteiger partial charge in [0.1, 0.15) is 24.2 Å². The van der Waals surface area contributed by atoms with E-state index in [9.17, 15) is 9.59 Å². The number of fused-ring (bicyclic) bond motifs is 3. The van der Waals surface area contributed by atoms with Gasteiger partial charge in [-0.15, -0.1) is 11.3 Å². The summed E-state index contributed by atoms with van der Waals surface area (Å²) in [5, 5.41) is 4.69. The fourth-order valence-electron chi connectivity index (χ4n) is 5.78. The lowest BCUT2D eigenvalue weighted by Gasteiger charge is -2.42. The highest BCUT2D eigenvalue weighted by Gasteiger charge is 2.48. The van der Waals surface area contributed by atoms with Crippen LogP contribution in [0.3, 0.4) is 0 Å². The SMILES string of the molecule is CN(C(=O)OCC1c2ccccc2-c2ccccc21)[C@@H]1CCN(c2cccc(-c3csc(NC(=O)CN)n3)n2)CC1(F)F. The van der Waals surface area contributed by atoms with Gasteiger partial charge in [-0.2, -0.15) is 0 Å². The van der Waals surface area contributed by atoms with Crippen molar-refractivity contribution in [1.29, 1.82) is 0 Å². The molecule has 9 nitrogen and oxygen atoms in total. The van der Waals surface area contributed by atoms with Gasteiger partial charge >= 0.3 is 6.09 Å². The van der Waals surface area contributed by atoms with Crippen LogP contribution >= 0.6 is 11.3 Å². The summed E-state index contributed by atoms with van der Waals surface area (Å²) < 4.78 is 36.8. The van der Waals surface area contributed by atoms with Crippen LogP contribution in [0.5, 0.6) is 0 Å². The molecule has 0 spiro atoms. The molecule has 222 valence electrons. The summed E-state index contributed by atoms with van der Waals surface area (Å²) in [4.78, 5) is 36.1. The van der Waals surface area contributed by atoms with Gasteiger partial charge in [0.15, 0.2) is 5.13 Å². The Kier molecular flexibility index (Phi) is 7.80. The minimum absolute atomic E-state index is 0.0333. The summed E-state index contributed by atoms with van der Waals surface area (Å²) in [6, 6.07) is 19.7. The van der Waals surface area contributed by atoms with Crippen molar-refractivity contribution >= 4 is 34.3 Å². The number of nitrogens with two attached hydrogens (primary N) is 1. The van der Waals surface area contributed by atoms with Crippen LogP contribution in [0, 0.1) is 0 Å². The highest BCUT2D eigenvalue weighted by molar-refractivity contribution is 7.14. The van der Waals surface area contributed by atoms with Gasteiger partial charge in [0.05, 0.1) is 18.8 Å². The number of nitrogens with zero attached hydrogens (tertiary/aromatic N) is 4. The standard InChI is InChI=1S/C31H30F2N6O3S/c1-38(30(41)42-16-23-21-9-4-2-7-19(21)20-8-3-5-10-22(20)23)26-13-14-39(18-31(26,32)33)27-12-6-11-24(35-27)25-17-43-29(36-25)37-28(40)15-34/h2-12,17,23,26H,13-16,18,34H2,1H3,(H,36,37,40)/t26-/m1/s1. The van der Waals surface area contributed by atoms with Gasteiger partial charge in [0.2, 0.25) is 5.91 Å². The Morgan fingerprint density at radius 1 is 1.05 bits per heavy atom. The van der Waals surface area contributed by atoms with Crippen molar-refractivity contribution in [3.8, 4) is 22.5 Å². The molecule has 1 fully saturated rings. The molecule has 3 heterocycles. The summed E-state index contributed by atoms with van der Waals surface area (Å²) >= 11 is 1.22. The Bertz CT molecular complexity index is 1620. The lowest BCUT2D eigenvalue weighted by Crippen LogP contribution is -2.59. The third-order valence-electron chi connectivity index (χ3n) is 7.91. The Labute approximate surface area is 251 Å². The lowest BCUT2D eigenvalue weighted by atomic mass is 9.98. The number of alkyl halides is 2. The second-order valence-electron chi connectivity index (χ2n) is 10.6. The van der Waals surface area contributed by atoms with Crippen LogP contribution in [0.15, 0.2) is 72.1 Å². The molecule has 6 rings (SSSR count). The van der Waals surface area contributed by atoms with Crippen molar-refractivity contribution in [3.05, 3.63) is 83.2 Å². The number of thiazole rings is 1. The molecule has 3 N–H and O–H groups in total. The zero-order valence-corrected chi connectivity index (χ0v) is 24.2. The zero-order valence-electron chi connectivity index (χ0n) is 23.4. The maximum absolute atomic E-state index is 15.6. The maximum Gasteiger partial charge on any atom is 0.409 e. The van der Waals surface area contributed by atoms with Crippen LogP contribution in [0.25, 0.3) is 22.5 Å². The second-order valence-corrected chi connectivity index (χ2v) is 11.4. The van der Waals surface area contributed by atoms with Crippen molar-refractivity contribution in [2.24, 2.45) is 5.73 Å². The van der Waals surface area contributed by atoms with E-state index in [1.807, 2.05) is 48.5 Å². The summed E-state index contributed by atoms with van der Waals surface area (Å²) in [5.74, 6) is -3.36. The van der Waals surface area contributed by atoms with Crippen molar-refractivity contribution in [2.45, 2.75) is 24.3 Å². The molecule has 2 aromatic carbocycles. The van der Waals surface area contributed by atoms with Crippen LogP contribution in [0.2, 0.25) is 0 Å². The minimum atomic E-state index is -3.21. The van der Waals surface area contributed by atoms with Gasteiger partial charge in [-0.25, -0.2) is 23.5 Å². The average molecular weight is 605 g/mol. The molecule has 0 saturated carbocycles. The monoisotopic (exact) mass is 604 g/mol. The number of benzene rings is 2. The van der Waals surface area contributed by atoms with E-state index in [0.29, 0.717) is 22.3 Å². The average Bonchev–Trinajstić information content (AvgIpc) is 3.61. The van der Waals surface area contributed by atoms with Crippen LogP contribution in [-0.2, 0) is 9.53 Å². The molecule has 0 unspecified atom stereocenters. The number of amides is 2. The number of ether oxygens (including phenoxy) is 1. The predicted molar refractivity (Wildman–Crippen MR) is 161 cm³/mol. The highest BCUT2D eigenvalue weighted by atomic mass is 32.1. The number of aromatic nitrogens is 2. The maximum atomic E-state index is 15.6. The molecule has 2 aliphatic rings. The number of hydrogen-bond donors (Lipinski definition) is 2. The molecule has 2 amide bonds. The van der Waals surface area contributed by atoms with E-state index in [1.54, 1.807) is 23.6 Å². The van der Waals surface area contributed by atoms with Crippen molar-refractivity contribution in [3.63, 3.8) is 0 Å². The molecule has 1 saturated heterocycles. The van der Waals surface area contributed by atoms with Gasteiger partial charge in [-0.05, 0) is 40.8 Å². The number of rotatable bonds is 7. The number of halogens is 2. The molecule has 1 aliphatic carbocycles. The van der Waals surface area contributed by atoms with Crippen LogP contribution in [-0.4, -0.2) is 72.1 Å². The fourth-order valence-corrected chi connectivity index (χ4v) is 6.51.